The first-order valence-electron chi connectivity index (χ1n) is 5.02. The number of carboxylic acid groups (broad SMARTS) is 1. The van der Waals surface area contributed by atoms with Crippen molar-refractivity contribution < 1.29 is 14.7 Å². The molecular formula is C12H11BrN2O3. The molecule has 0 saturated heterocycles. The van der Waals surface area contributed by atoms with Crippen LogP contribution in [0.4, 0.5) is 10.5 Å². The predicted molar refractivity (Wildman–Crippen MR) is 71.6 cm³/mol. The van der Waals surface area contributed by atoms with Crippen molar-refractivity contribution in [2.24, 2.45) is 0 Å². The van der Waals surface area contributed by atoms with Crippen LogP contribution in [0.15, 0.2) is 22.7 Å². The quantitative estimate of drug-likeness (QED) is 0.750. The van der Waals surface area contributed by atoms with Gasteiger partial charge in [-0.1, -0.05) is 21.9 Å². The average molecular weight is 311 g/mol. The number of carbonyl (C=O) groups is 2. The van der Waals surface area contributed by atoms with E-state index in [-0.39, 0.29) is 17.8 Å². The molecule has 0 aromatic heterocycles. The van der Waals surface area contributed by atoms with Gasteiger partial charge in [0.15, 0.2) is 0 Å². The molecule has 0 unspecified atom stereocenters. The lowest BCUT2D eigenvalue weighted by atomic mass is 10.2. The van der Waals surface area contributed by atoms with E-state index in [2.05, 4.69) is 38.4 Å². The number of urea groups is 1. The monoisotopic (exact) mass is 310 g/mol. The highest BCUT2D eigenvalue weighted by molar-refractivity contribution is 9.10. The molecule has 0 aliphatic carbocycles. The van der Waals surface area contributed by atoms with Gasteiger partial charge in [-0.2, -0.15) is 0 Å². The second-order valence-corrected chi connectivity index (χ2v) is 4.15. The van der Waals surface area contributed by atoms with Gasteiger partial charge >= 0.3 is 12.0 Å². The van der Waals surface area contributed by atoms with Gasteiger partial charge in [0, 0.05) is 4.47 Å². The van der Waals surface area contributed by atoms with Crippen molar-refractivity contribution in [2.75, 3.05) is 11.9 Å². The number of anilines is 1. The molecule has 0 aliphatic rings. The maximum absolute atomic E-state index is 11.5. The van der Waals surface area contributed by atoms with Gasteiger partial charge in [-0.3, -0.25) is 0 Å². The first-order valence-corrected chi connectivity index (χ1v) is 5.81. The highest BCUT2D eigenvalue weighted by Crippen LogP contribution is 2.21. The van der Waals surface area contributed by atoms with Crippen LogP contribution in [-0.2, 0) is 0 Å². The number of nitrogens with one attached hydrogen (secondary N) is 2. The van der Waals surface area contributed by atoms with Gasteiger partial charge in [-0.25, -0.2) is 9.59 Å². The Balaban J connectivity index is 2.81. The van der Waals surface area contributed by atoms with Crippen LogP contribution < -0.4 is 10.6 Å². The molecule has 94 valence electrons. The molecule has 6 heteroatoms. The van der Waals surface area contributed by atoms with Crippen LogP contribution in [0.1, 0.15) is 17.3 Å². The minimum atomic E-state index is -1.11. The third kappa shape index (κ3) is 4.11. The summed E-state index contributed by atoms with van der Waals surface area (Å²) in [6.07, 6.45) is 0. The SMILES string of the molecule is CC#CCNC(=O)Nc1cc(Br)ccc1C(=O)O. The van der Waals surface area contributed by atoms with E-state index in [0.29, 0.717) is 4.47 Å². The first kappa shape index (κ1) is 14.1. The fraction of sp³-hybridized carbons (Fsp3) is 0.167. The summed E-state index contributed by atoms with van der Waals surface area (Å²) in [6, 6.07) is 4.02. The van der Waals surface area contributed by atoms with Gasteiger partial charge in [0.1, 0.15) is 0 Å². The number of aromatic carboxylic acids is 1. The predicted octanol–water partition coefficient (Wildman–Crippen LogP) is 2.29. The molecule has 2 amide bonds. The topological polar surface area (TPSA) is 78.4 Å². The van der Waals surface area contributed by atoms with E-state index < -0.39 is 12.0 Å². The second-order valence-electron chi connectivity index (χ2n) is 3.23. The van der Waals surface area contributed by atoms with Crippen LogP contribution in [0.3, 0.4) is 0 Å². The highest BCUT2D eigenvalue weighted by atomic mass is 79.9. The molecule has 0 spiro atoms. The summed E-state index contributed by atoms with van der Waals surface area (Å²) >= 11 is 3.21. The van der Waals surface area contributed by atoms with E-state index in [9.17, 15) is 9.59 Å². The number of halogens is 1. The maximum Gasteiger partial charge on any atom is 0.337 e. The molecule has 1 aromatic rings. The molecule has 0 saturated carbocycles. The molecular weight excluding hydrogens is 300 g/mol. The Morgan fingerprint density at radius 3 is 2.78 bits per heavy atom. The second kappa shape index (κ2) is 6.67. The largest absolute Gasteiger partial charge is 0.478 e. The van der Waals surface area contributed by atoms with Crippen molar-refractivity contribution in [1.82, 2.24) is 5.32 Å². The third-order valence-electron chi connectivity index (χ3n) is 1.97. The van der Waals surface area contributed by atoms with Crippen LogP contribution >= 0.6 is 15.9 Å². The zero-order valence-electron chi connectivity index (χ0n) is 9.58. The van der Waals surface area contributed by atoms with Gasteiger partial charge in [-0.15, -0.1) is 5.92 Å². The lowest BCUT2D eigenvalue weighted by Crippen LogP contribution is -2.29. The summed E-state index contributed by atoms with van der Waals surface area (Å²) in [5.74, 6) is 4.19. The summed E-state index contributed by atoms with van der Waals surface area (Å²) in [5.41, 5.74) is 0.244. The number of rotatable bonds is 3. The Labute approximate surface area is 113 Å². The highest BCUT2D eigenvalue weighted by Gasteiger charge is 2.12. The maximum atomic E-state index is 11.5. The molecule has 0 bridgehead atoms. The van der Waals surface area contributed by atoms with E-state index in [0.717, 1.165) is 0 Å². The standard InChI is InChI=1S/C12H11BrN2O3/c1-2-3-6-14-12(18)15-10-7-8(13)4-5-9(10)11(16)17/h4-5,7H,6H2,1H3,(H,16,17)(H2,14,15,18). The van der Waals surface area contributed by atoms with E-state index >= 15 is 0 Å². The van der Waals surface area contributed by atoms with Crippen molar-refractivity contribution in [1.29, 1.82) is 0 Å². The average Bonchev–Trinajstić information content (AvgIpc) is 2.29. The number of carboxylic acids is 1. The fourth-order valence-corrected chi connectivity index (χ4v) is 1.55. The van der Waals surface area contributed by atoms with Crippen molar-refractivity contribution >= 4 is 33.6 Å². The summed E-state index contributed by atoms with van der Waals surface area (Å²) in [6.45, 7) is 1.87. The summed E-state index contributed by atoms with van der Waals surface area (Å²) < 4.78 is 0.677. The van der Waals surface area contributed by atoms with Crippen molar-refractivity contribution in [2.45, 2.75) is 6.92 Å². The Hall–Kier alpha value is -2.00. The first-order chi connectivity index (χ1) is 8.54. The summed E-state index contributed by atoms with van der Waals surface area (Å²) in [5, 5.41) is 13.9. The Kier molecular flexibility index (Phi) is 5.21. The molecule has 0 aliphatic heterocycles. The molecule has 1 rings (SSSR count). The van der Waals surface area contributed by atoms with Crippen molar-refractivity contribution in [3.8, 4) is 11.8 Å². The molecule has 5 nitrogen and oxygen atoms in total. The number of carbonyl (C=O) groups excluding carboxylic acids is 1. The van der Waals surface area contributed by atoms with E-state index in [4.69, 9.17) is 5.11 Å². The Bertz CT molecular complexity index is 532. The zero-order valence-corrected chi connectivity index (χ0v) is 11.2. The van der Waals surface area contributed by atoms with E-state index in [1.165, 1.54) is 12.1 Å². The molecule has 0 fully saturated rings. The number of hydrogen-bond donors (Lipinski definition) is 3. The lowest BCUT2D eigenvalue weighted by Gasteiger charge is -2.09. The van der Waals surface area contributed by atoms with Gasteiger partial charge < -0.3 is 15.7 Å². The van der Waals surface area contributed by atoms with Gasteiger partial charge in [0.2, 0.25) is 0 Å². The molecule has 18 heavy (non-hydrogen) atoms. The normalized spacial score (nSPS) is 9.00. The van der Waals surface area contributed by atoms with Crippen LogP contribution in [-0.4, -0.2) is 23.7 Å². The third-order valence-corrected chi connectivity index (χ3v) is 2.47. The van der Waals surface area contributed by atoms with Crippen molar-refractivity contribution in [3.63, 3.8) is 0 Å². The summed E-state index contributed by atoms with van der Waals surface area (Å²) in [7, 11) is 0. The van der Waals surface area contributed by atoms with Crippen LogP contribution in [0, 0.1) is 11.8 Å². The Morgan fingerprint density at radius 1 is 1.44 bits per heavy atom. The number of benzene rings is 1. The van der Waals surface area contributed by atoms with E-state index in [1.54, 1.807) is 13.0 Å². The van der Waals surface area contributed by atoms with Crippen LogP contribution in [0.2, 0.25) is 0 Å². The Morgan fingerprint density at radius 2 is 2.17 bits per heavy atom. The number of hydrogen-bond acceptors (Lipinski definition) is 2. The molecule has 0 atom stereocenters. The van der Waals surface area contributed by atoms with E-state index in [1.807, 2.05) is 0 Å². The molecule has 0 heterocycles. The van der Waals surface area contributed by atoms with Gasteiger partial charge in [0.05, 0.1) is 17.8 Å². The minimum Gasteiger partial charge on any atom is -0.478 e. The summed E-state index contributed by atoms with van der Waals surface area (Å²) in [4.78, 5) is 22.4. The molecule has 3 N–H and O–H groups in total. The van der Waals surface area contributed by atoms with Crippen molar-refractivity contribution in [3.05, 3.63) is 28.2 Å². The van der Waals surface area contributed by atoms with Crippen LogP contribution in [0.25, 0.3) is 0 Å². The number of amides is 2. The minimum absolute atomic E-state index is 0.0231. The van der Waals surface area contributed by atoms with Crippen LogP contribution in [0.5, 0.6) is 0 Å². The fourth-order valence-electron chi connectivity index (χ4n) is 1.19. The van der Waals surface area contributed by atoms with Gasteiger partial charge in [-0.05, 0) is 25.1 Å². The molecule has 1 aromatic carbocycles. The van der Waals surface area contributed by atoms with Gasteiger partial charge in [0.25, 0.3) is 0 Å². The smallest absolute Gasteiger partial charge is 0.337 e. The lowest BCUT2D eigenvalue weighted by molar-refractivity contribution is 0.0698. The zero-order chi connectivity index (χ0) is 13.5. The molecule has 0 radical (unpaired) electrons.